The topological polar surface area (TPSA) is 55.1 Å². The zero-order chi connectivity index (χ0) is 15.3. The van der Waals surface area contributed by atoms with Gasteiger partial charge in [0.15, 0.2) is 0 Å². The number of hydrogen-bond donors (Lipinski definition) is 2. The molecule has 3 N–H and O–H groups in total. The van der Waals surface area contributed by atoms with E-state index in [2.05, 4.69) is 5.32 Å². The molecule has 1 amide bonds. The second-order valence-electron chi connectivity index (χ2n) is 5.35. The quantitative estimate of drug-likeness (QED) is 0.817. The van der Waals surface area contributed by atoms with Gasteiger partial charge in [0, 0.05) is 12.0 Å². The molecule has 0 heterocycles. The average Bonchev–Trinajstić information content (AvgIpc) is 2.38. The summed E-state index contributed by atoms with van der Waals surface area (Å²) in [6.45, 7) is 5.74. The highest BCUT2D eigenvalue weighted by Crippen LogP contribution is 2.33. The van der Waals surface area contributed by atoms with Crippen LogP contribution in [0.25, 0.3) is 0 Å². The van der Waals surface area contributed by atoms with Crippen molar-refractivity contribution in [2.75, 3.05) is 5.32 Å². The smallest absolute Gasteiger partial charge is 0.227 e. The first-order valence-corrected chi connectivity index (χ1v) is 7.59. The highest BCUT2D eigenvalue weighted by atomic mass is 35.5. The summed E-state index contributed by atoms with van der Waals surface area (Å²) >= 11 is 12.3. The van der Waals surface area contributed by atoms with Crippen molar-refractivity contribution < 1.29 is 4.79 Å². The molecule has 0 radical (unpaired) electrons. The second kappa shape index (κ2) is 7.87. The Labute approximate surface area is 130 Å². The molecule has 0 aliphatic heterocycles. The molecular formula is C15H22Cl2N2O. The maximum Gasteiger partial charge on any atom is 0.227 e. The number of rotatable bonds is 6. The van der Waals surface area contributed by atoms with Gasteiger partial charge in [-0.3, -0.25) is 4.79 Å². The first-order chi connectivity index (χ1) is 9.32. The largest absolute Gasteiger partial charge is 0.328 e. The fourth-order valence-corrected chi connectivity index (χ4v) is 2.36. The van der Waals surface area contributed by atoms with Crippen molar-refractivity contribution in [1.29, 1.82) is 0 Å². The van der Waals surface area contributed by atoms with E-state index in [4.69, 9.17) is 28.9 Å². The molecule has 0 bridgehead atoms. The maximum absolute atomic E-state index is 12.1. The van der Waals surface area contributed by atoms with Crippen molar-refractivity contribution in [2.24, 2.45) is 11.7 Å². The van der Waals surface area contributed by atoms with Crippen LogP contribution in [0.1, 0.15) is 38.7 Å². The molecule has 1 aromatic carbocycles. The van der Waals surface area contributed by atoms with E-state index in [1.807, 2.05) is 26.8 Å². The molecule has 112 valence electrons. The Bertz CT molecular complexity index is 475. The Morgan fingerprint density at radius 3 is 2.55 bits per heavy atom. The number of carbonyl (C=O) groups is 1. The number of carbonyl (C=O) groups excluding carboxylic acids is 1. The third-order valence-electron chi connectivity index (χ3n) is 3.28. The van der Waals surface area contributed by atoms with E-state index < -0.39 is 0 Å². The zero-order valence-corrected chi connectivity index (χ0v) is 13.7. The number of nitrogens with two attached hydrogens (primary N) is 1. The van der Waals surface area contributed by atoms with Crippen molar-refractivity contribution in [1.82, 2.24) is 0 Å². The van der Waals surface area contributed by atoms with Gasteiger partial charge >= 0.3 is 0 Å². The summed E-state index contributed by atoms with van der Waals surface area (Å²) in [5.41, 5.74) is 7.08. The number of anilines is 1. The zero-order valence-electron chi connectivity index (χ0n) is 12.2. The molecule has 0 aromatic heterocycles. The lowest BCUT2D eigenvalue weighted by Crippen LogP contribution is -2.22. The summed E-state index contributed by atoms with van der Waals surface area (Å²) in [6.07, 6.45) is 2.65. The number of nitrogens with one attached hydrogen (secondary N) is 1. The van der Waals surface area contributed by atoms with Crippen LogP contribution in [0.5, 0.6) is 0 Å². The van der Waals surface area contributed by atoms with Crippen LogP contribution in [0.15, 0.2) is 12.1 Å². The highest BCUT2D eigenvalue weighted by molar-refractivity contribution is 6.40. The lowest BCUT2D eigenvalue weighted by atomic mass is 10.0. The third-order valence-corrected chi connectivity index (χ3v) is 4.08. The highest BCUT2D eigenvalue weighted by Gasteiger charge is 2.17. The second-order valence-corrected chi connectivity index (χ2v) is 6.14. The van der Waals surface area contributed by atoms with Crippen molar-refractivity contribution in [3.8, 4) is 0 Å². The summed E-state index contributed by atoms with van der Waals surface area (Å²) in [5, 5.41) is 3.77. The van der Waals surface area contributed by atoms with Gasteiger partial charge in [-0.15, -0.1) is 0 Å². The molecule has 3 nitrogen and oxygen atoms in total. The minimum absolute atomic E-state index is 0.0657. The number of halogens is 2. The van der Waals surface area contributed by atoms with Gasteiger partial charge in [0.1, 0.15) is 0 Å². The van der Waals surface area contributed by atoms with Crippen LogP contribution in [0.4, 0.5) is 5.69 Å². The van der Waals surface area contributed by atoms with Crippen molar-refractivity contribution in [3.05, 3.63) is 27.7 Å². The molecule has 0 aliphatic carbocycles. The van der Waals surface area contributed by atoms with Gasteiger partial charge in [0.25, 0.3) is 0 Å². The minimum Gasteiger partial charge on any atom is -0.328 e. The molecule has 20 heavy (non-hydrogen) atoms. The third kappa shape index (κ3) is 4.97. The summed E-state index contributed by atoms with van der Waals surface area (Å²) < 4.78 is 0. The molecule has 2 atom stereocenters. The lowest BCUT2D eigenvalue weighted by Gasteiger charge is -2.15. The van der Waals surface area contributed by atoms with Crippen LogP contribution in [0, 0.1) is 12.8 Å². The average molecular weight is 317 g/mol. The van der Waals surface area contributed by atoms with Crippen molar-refractivity contribution >= 4 is 34.8 Å². The molecule has 0 aliphatic rings. The van der Waals surface area contributed by atoms with E-state index >= 15 is 0 Å². The Hall–Kier alpha value is -0.770. The van der Waals surface area contributed by atoms with Gasteiger partial charge in [-0.1, -0.05) is 42.6 Å². The molecule has 0 saturated heterocycles. The van der Waals surface area contributed by atoms with E-state index in [9.17, 15) is 4.79 Å². The van der Waals surface area contributed by atoms with E-state index in [-0.39, 0.29) is 17.9 Å². The van der Waals surface area contributed by atoms with Crippen molar-refractivity contribution in [2.45, 2.75) is 46.1 Å². The molecule has 1 rings (SSSR count). The predicted molar refractivity (Wildman–Crippen MR) is 86.5 cm³/mol. The van der Waals surface area contributed by atoms with Crippen LogP contribution in [-0.2, 0) is 4.79 Å². The van der Waals surface area contributed by atoms with Gasteiger partial charge < -0.3 is 11.1 Å². The van der Waals surface area contributed by atoms with Gasteiger partial charge in [-0.05, 0) is 38.3 Å². The van der Waals surface area contributed by atoms with E-state index in [1.165, 1.54) is 0 Å². The molecule has 0 spiro atoms. The summed E-state index contributed by atoms with van der Waals surface area (Å²) in [5.74, 6) is -0.162. The van der Waals surface area contributed by atoms with Gasteiger partial charge in [-0.2, -0.15) is 0 Å². The van der Waals surface area contributed by atoms with Crippen LogP contribution in [-0.4, -0.2) is 11.9 Å². The van der Waals surface area contributed by atoms with Crippen LogP contribution in [0.3, 0.4) is 0 Å². The number of aryl methyl sites for hydroxylation is 1. The predicted octanol–water partition coefficient (Wildman–Crippen LogP) is 4.39. The minimum atomic E-state index is -0.0959. The fourth-order valence-electron chi connectivity index (χ4n) is 1.89. The molecule has 5 heteroatoms. The first kappa shape index (κ1) is 17.3. The van der Waals surface area contributed by atoms with E-state index in [1.54, 1.807) is 6.07 Å². The molecule has 0 fully saturated rings. The summed E-state index contributed by atoms with van der Waals surface area (Å²) in [6, 6.07) is 3.73. The van der Waals surface area contributed by atoms with Crippen molar-refractivity contribution in [3.63, 3.8) is 0 Å². The Morgan fingerprint density at radius 2 is 1.95 bits per heavy atom. The fraction of sp³-hybridized carbons (Fsp3) is 0.533. The standard InChI is InChI=1S/C15H22Cl2N2O/c1-9-7-8-12(16)14(13(9)17)19-15(20)10(2)5-4-6-11(3)18/h7-8,10-11H,4-6,18H2,1-3H3,(H,19,20). The van der Waals surface area contributed by atoms with Gasteiger partial charge in [0.05, 0.1) is 15.7 Å². The van der Waals surface area contributed by atoms with E-state index in [0.29, 0.717) is 15.7 Å². The Balaban J connectivity index is 2.64. The lowest BCUT2D eigenvalue weighted by molar-refractivity contribution is -0.119. The molecular weight excluding hydrogens is 295 g/mol. The maximum atomic E-state index is 12.1. The summed E-state index contributed by atoms with van der Waals surface area (Å²) in [4.78, 5) is 12.1. The van der Waals surface area contributed by atoms with Crippen LogP contribution >= 0.6 is 23.2 Å². The van der Waals surface area contributed by atoms with Gasteiger partial charge in [0.2, 0.25) is 5.91 Å². The Kier molecular flexibility index (Phi) is 6.80. The monoisotopic (exact) mass is 316 g/mol. The van der Waals surface area contributed by atoms with Crippen LogP contribution < -0.4 is 11.1 Å². The Morgan fingerprint density at radius 1 is 1.30 bits per heavy atom. The van der Waals surface area contributed by atoms with E-state index in [0.717, 1.165) is 24.8 Å². The molecule has 2 unspecified atom stereocenters. The number of amides is 1. The number of hydrogen-bond acceptors (Lipinski definition) is 2. The normalized spacial score (nSPS) is 13.9. The summed E-state index contributed by atoms with van der Waals surface area (Å²) in [7, 11) is 0. The van der Waals surface area contributed by atoms with Crippen LogP contribution in [0.2, 0.25) is 10.0 Å². The SMILES string of the molecule is Cc1ccc(Cl)c(NC(=O)C(C)CCCC(C)N)c1Cl. The van der Waals surface area contributed by atoms with Gasteiger partial charge in [-0.25, -0.2) is 0 Å². The molecule has 1 aromatic rings. The first-order valence-electron chi connectivity index (χ1n) is 6.84. The molecule has 0 saturated carbocycles. The number of benzene rings is 1.